The number of carbonyl (C=O) groups excluding carboxylic acids is 1. The molecule has 1 fully saturated rings. The second kappa shape index (κ2) is 6.43. The van der Waals surface area contributed by atoms with Crippen molar-refractivity contribution in [2.24, 2.45) is 0 Å². The number of carbonyl (C=O) groups is 1. The summed E-state index contributed by atoms with van der Waals surface area (Å²) < 4.78 is 4.96. The number of hydrogen-bond donors (Lipinski definition) is 3. The Labute approximate surface area is 113 Å². The zero-order chi connectivity index (χ0) is 13.7. The Bertz CT molecular complexity index is 440. The van der Waals surface area contributed by atoms with Crippen LogP contribution in [-0.2, 0) is 0 Å². The van der Waals surface area contributed by atoms with Gasteiger partial charge in [0.2, 0.25) is 0 Å². The first kappa shape index (κ1) is 13.7. The van der Waals surface area contributed by atoms with Crippen LogP contribution in [0.2, 0.25) is 0 Å². The summed E-state index contributed by atoms with van der Waals surface area (Å²) in [5.74, 6) is 0.206. The molecule has 1 heterocycles. The molecule has 19 heavy (non-hydrogen) atoms. The lowest BCUT2D eigenvalue weighted by atomic mass is 10.1. The summed E-state index contributed by atoms with van der Waals surface area (Å²) >= 11 is 0. The van der Waals surface area contributed by atoms with Crippen LogP contribution in [-0.4, -0.2) is 37.3 Å². The monoisotopic (exact) mass is 264 g/mol. The minimum atomic E-state index is -0.148. The van der Waals surface area contributed by atoms with Crippen LogP contribution in [0.25, 0.3) is 0 Å². The molecule has 1 aliphatic heterocycles. The quantitative estimate of drug-likeness (QED) is 0.769. The highest BCUT2D eigenvalue weighted by Crippen LogP contribution is 2.26. The first-order valence-corrected chi connectivity index (χ1v) is 6.59. The van der Waals surface area contributed by atoms with Crippen LogP contribution in [0.1, 0.15) is 29.6 Å². The van der Waals surface area contributed by atoms with Gasteiger partial charge in [-0.1, -0.05) is 0 Å². The molecule has 1 atom stereocenters. The van der Waals surface area contributed by atoms with E-state index in [0.29, 0.717) is 11.3 Å². The van der Waals surface area contributed by atoms with Crippen molar-refractivity contribution in [3.05, 3.63) is 23.8 Å². The van der Waals surface area contributed by atoms with Gasteiger partial charge < -0.3 is 20.5 Å². The van der Waals surface area contributed by atoms with Crippen molar-refractivity contribution < 1.29 is 14.6 Å². The van der Waals surface area contributed by atoms with Gasteiger partial charge in [0.25, 0.3) is 5.91 Å². The molecule has 0 bridgehead atoms. The van der Waals surface area contributed by atoms with Gasteiger partial charge >= 0.3 is 0 Å². The molecule has 0 aliphatic carbocycles. The molecule has 1 aromatic carbocycles. The predicted molar refractivity (Wildman–Crippen MR) is 72.6 cm³/mol. The third kappa shape index (κ3) is 3.61. The molecule has 104 valence electrons. The Balaban J connectivity index is 2.00. The van der Waals surface area contributed by atoms with Crippen molar-refractivity contribution in [2.75, 3.05) is 20.2 Å². The standard InChI is InChI=1S/C14H20N2O3/c1-19-13-5-4-10(9-12(13)17)14(18)16-11-3-2-7-15-8-6-11/h4-5,9,11,15,17H,2-3,6-8H2,1H3,(H,16,18). The van der Waals surface area contributed by atoms with Gasteiger partial charge in [-0.15, -0.1) is 0 Å². The van der Waals surface area contributed by atoms with Crippen LogP contribution in [0.4, 0.5) is 0 Å². The number of rotatable bonds is 3. The fourth-order valence-electron chi connectivity index (χ4n) is 2.26. The summed E-state index contributed by atoms with van der Waals surface area (Å²) in [5, 5.41) is 16.0. The summed E-state index contributed by atoms with van der Waals surface area (Å²) in [4.78, 5) is 12.1. The number of phenolic OH excluding ortho intramolecular Hbond substituents is 1. The van der Waals surface area contributed by atoms with Gasteiger partial charge in [0.05, 0.1) is 7.11 Å². The predicted octanol–water partition coefficient (Wildman–Crippen LogP) is 1.27. The largest absolute Gasteiger partial charge is 0.504 e. The van der Waals surface area contributed by atoms with E-state index in [0.717, 1.165) is 32.4 Å². The number of benzene rings is 1. The lowest BCUT2D eigenvalue weighted by Gasteiger charge is -2.16. The fraction of sp³-hybridized carbons (Fsp3) is 0.500. The van der Waals surface area contributed by atoms with Crippen LogP contribution < -0.4 is 15.4 Å². The van der Waals surface area contributed by atoms with Gasteiger partial charge in [0, 0.05) is 11.6 Å². The molecule has 3 N–H and O–H groups in total. The normalized spacial score (nSPS) is 19.5. The average Bonchev–Trinajstić information content (AvgIpc) is 2.67. The van der Waals surface area contributed by atoms with E-state index < -0.39 is 0 Å². The number of phenols is 1. The van der Waals surface area contributed by atoms with E-state index in [1.54, 1.807) is 12.1 Å². The van der Waals surface area contributed by atoms with Gasteiger partial charge in [-0.25, -0.2) is 0 Å². The molecule has 1 unspecified atom stereocenters. The maximum Gasteiger partial charge on any atom is 0.251 e. The molecule has 1 aliphatic rings. The SMILES string of the molecule is COc1ccc(C(=O)NC2CCCNCC2)cc1O. The summed E-state index contributed by atoms with van der Waals surface area (Å²) in [7, 11) is 1.48. The zero-order valence-corrected chi connectivity index (χ0v) is 11.1. The minimum Gasteiger partial charge on any atom is -0.504 e. The number of aromatic hydroxyl groups is 1. The molecule has 1 aromatic rings. The Morgan fingerprint density at radius 1 is 1.42 bits per heavy atom. The van der Waals surface area contributed by atoms with Gasteiger partial charge in [0.1, 0.15) is 0 Å². The molecule has 0 aromatic heterocycles. The van der Waals surface area contributed by atoms with E-state index in [9.17, 15) is 9.90 Å². The van der Waals surface area contributed by atoms with Crippen molar-refractivity contribution in [3.63, 3.8) is 0 Å². The molecular formula is C14H20N2O3. The molecule has 5 nitrogen and oxygen atoms in total. The van der Waals surface area contributed by atoms with Crippen molar-refractivity contribution in [2.45, 2.75) is 25.3 Å². The lowest BCUT2D eigenvalue weighted by molar-refractivity contribution is 0.0933. The van der Waals surface area contributed by atoms with E-state index in [1.807, 2.05) is 0 Å². The van der Waals surface area contributed by atoms with E-state index in [-0.39, 0.29) is 17.7 Å². The van der Waals surface area contributed by atoms with E-state index >= 15 is 0 Å². The van der Waals surface area contributed by atoms with Crippen molar-refractivity contribution >= 4 is 5.91 Å². The van der Waals surface area contributed by atoms with Crippen molar-refractivity contribution in [1.82, 2.24) is 10.6 Å². The maximum atomic E-state index is 12.1. The molecule has 5 heteroatoms. The van der Waals surface area contributed by atoms with Crippen molar-refractivity contribution in [3.8, 4) is 11.5 Å². The van der Waals surface area contributed by atoms with Gasteiger partial charge in [0.15, 0.2) is 11.5 Å². The average molecular weight is 264 g/mol. The molecule has 0 radical (unpaired) electrons. The van der Waals surface area contributed by atoms with Crippen LogP contribution >= 0.6 is 0 Å². The minimum absolute atomic E-state index is 0.0160. The highest BCUT2D eigenvalue weighted by Gasteiger charge is 2.16. The maximum absolute atomic E-state index is 12.1. The topological polar surface area (TPSA) is 70.6 Å². The Morgan fingerprint density at radius 2 is 2.26 bits per heavy atom. The second-order valence-electron chi connectivity index (χ2n) is 4.74. The fourth-order valence-corrected chi connectivity index (χ4v) is 2.26. The Kier molecular flexibility index (Phi) is 4.63. The van der Waals surface area contributed by atoms with Crippen LogP contribution in [0.5, 0.6) is 11.5 Å². The van der Waals surface area contributed by atoms with Crippen molar-refractivity contribution in [1.29, 1.82) is 0 Å². The number of amides is 1. The third-order valence-electron chi connectivity index (χ3n) is 3.35. The molecule has 0 saturated carbocycles. The highest BCUT2D eigenvalue weighted by molar-refractivity contribution is 5.95. The molecular weight excluding hydrogens is 244 g/mol. The lowest BCUT2D eigenvalue weighted by Crippen LogP contribution is -2.35. The molecule has 1 amide bonds. The van der Waals surface area contributed by atoms with Gasteiger partial charge in [-0.3, -0.25) is 4.79 Å². The van der Waals surface area contributed by atoms with E-state index in [4.69, 9.17) is 4.74 Å². The van der Waals surface area contributed by atoms with E-state index in [1.165, 1.54) is 13.2 Å². The first-order chi connectivity index (χ1) is 9.20. The molecule has 2 rings (SSSR count). The second-order valence-corrected chi connectivity index (χ2v) is 4.74. The number of methoxy groups -OCH3 is 1. The highest BCUT2D eigenvalue weighted by atomic mass is 16.5. The summed E-state index contributed by atoms with van der Waals surface area (Å²) in [6, 6.07) is 4.89. The van der Waals surface area contributed by atoms with Crippen LogP contribution in [0.15, 0.2) is 18.2 Å². The molecule has 1 saturated heterocycles. The third-order valence-corrected chi connectivity index (χ3v) is 3.35. The summed E-state index contributed by atoms with van der Waals surface area (Å²) in [5.41, 5.74) is 0.454. The zero-order valence-electron chi connectivity index (χ0n) is 11.1. The Morgan fingerprint density at radius 3 is 3.00 bits per heavy atom. The first-order valence-electron chi connectivity index (χ1n) is 6.59. The van der Waals surface area contributed by atoms with Crippen LogP contribution in [0, 0.1) is 0 Å². The van der Waals surface area contributed by atoms with Gasteiger partial charge in [-0.2, -0.15) is 0 Å². The summed E-state index contributed by atoms with van der Waals surface area (Å²) in [6.45, 7) is 1.94. The Hall–Kier alpha value is -1.75. The van der Waals surface area contributed by atoms with Gasteiger partial charge in [-0.05, 0) is 50.6 Å². The van der Waals surface area contributed by atoms with Crippen LogP contribution in [0.3, 0.4) is 0 Å². The number of nitrogens with one attached hydrogen (secondary N) is 2. The number of hydrogen-bond acceptors (Lipinski definition) is 4. The summed E-state index contributed by atoms with van der Waals surface area (Å²) in [6.07, 6.45) is 2.99. The smallest absolute Gasteiger partial charge is 0.251 e. The van der Waals surface area contributed by atoms with E-state index in [2.05, 4.69) is 10.6 Å². The molecule has 0 spiro atoms. The number of ether oxygens (including phenoxy) is 1.